The maximum Gasteiger partial charge on any atom is 0.326 e. The molecule has 0 aliphatic carbocycles. The van der Waals surface area contributed by atoms with Crippen LogP contribution in [0, 0.1) is 6.92 Å². The molecule has 0 bridgehead atoms. The highest BCUT2D eigenvalue weighted by Crippen LogP contribution is 2.14. The summed E-state index contributed by atoms with van der Waals surface area (Å²) in [6, 6.07) is 0.722. The SMILES string of the molecule is CCC[C@H](NC(=O)NCc1sccc1C)C(=O)O. The summed E-state index contributed by atoms with van der Waals surface area (Å²) in [6.07, 6.45) is 1.14. The van der Waals surface area contributed by atoms with Gasteiger partial charge in [0.05, 0.1) is 6.54 Å². The van der Waals surface area contributed by atoms with Crippen molar-refractivity contribution in [3.8, 4) is 0 Å². The van der Waals surface area contributed by atoms with Gasteiger partial charge in [0.15, 0.2) is 0 Å². The number of hydrogen-bond donors (Lipinski definition) is 3. The lowest BCUT2D eigenvalue weighted by atomic mass is 10.2. The zero-order valence-electron chi connectivity index (χ0n) is 10.5. The van der Waals surface area contributed by atoms with Gasteiger partial charge in [0.1, 0.15) is 6.04 Å². The summed E-state index contributed by atoms with van der Waals surface area (Å²) in [4.78, 5) is 23.5. The molecule has 0 spiro atoms. The molecule has 0 saturated carbocycles. The van der Waals surface area contributed by atoms with E-state index in [1.54, 1.807) is 11.3 Å². The van der Waals surface area contributed by atoms with Gasteiger partial charge < -0.3 is 15.7 Å². The number of nitrogens with one attached hydrogen (secondary N) is 2. The second kappa shape index (κ2) is 7.00. The molecule has 18 heavy (non-hydrogen) atoms. The van der Waals surface area contributed by atoms with E-state index in [0.717, 1.165) is 10.4 Å². The van der Waals surface area contributed by atoms with E-state index in [-0.39, 0.29) is 0 Å². The zero-order valence-corrected chi connectivity index (χ0v) is 11.3. The number of carboxylic acids is 1. The van der Waals surface area contributed by atoms with Crippen molar-refractivity contribution < 1.29 is 14.7 Å². The van der Waals surface area contributed by atoms with Gasteiger partial charge in [-0.1, -0.05) is 13.3 Å². The van der Waals surface area contributed by atoms with Crippen molar-refractivity contribution in [1.82, 2.24) is 10.6 Å². The molecule has 2 amide bonds. The van der Waals surface area contributed by atoms with E-state index < -0.39 is 18.0 Å². The van der Waals surface area contributed by atoms with Gasteiger partial charge in [0.2, 0.25) is 0 Å². The molecule has 1 atom stereocenters. The molecular weight excluding hydrogens is 252 g/mol. The van der Waals surface area contributed by atoms with E-state index in [1.165, 1.54) is 0 Å². The van der Waals surface area contributed by atoms with Crippen LogP contribution in [0.5, 0.6) is 0 Å². The number of rotatable bonds is 6. The first-order chi connectivity index (χ1) is 8.54. The number of carbonyl (C=O) groups excluding carboxylic acids is 1. The van der Waals surface area contributed by atoms with Crippen molar-refractivity contribution in [2.24, 2.45) is 0 Å². The van der Waals surface area contributed by atoms with Crippen LogP contribution in [0.3, 0.4) is 0 Å². The van der Waals surface area contributed by atoms with Gasteiger partial charge in [-0.25, -0.2) is 9.59 Å². The molecule has 1 heterocycles. The standard InChI is InChI=1S/C12H18N2O3S/c1-3-4-9(11(15)16)14-12(17)13-7-10-8(2)5-6-18-10/h5-6,9H,3-4,7H2,1-2H3,(H,15,16)(H2,13,14,17)/t9-/m0/s1. The highest BCUT2D eigenvalue weighted by atomic mass is 32.1. The van der Waals surface area contributed by atoms with E-state index in [2.05, 4.69) is 10.6 Å². The molecule has 5 nitrogen and oxygen atoms in total. The number of urea groups is 1. The van der Waals surface area contributed by atoms with Crippen molar-refractivity contribution in [3.05, 3.63) is 21.9 Å². The summed E-state index contributed by atoms with van der Waals surface area (Å²) < 4.78 is 0. The number of thiophene rings is 1. The molecule has 3 N–H and O–H groups in total. The summed E-state index contributed by atoms with van der Waals surface area (Å²) in [5.41, 5.74) is 1.13. The van der Waals surface area contributed by atoms with E-state index in [0.29, 0.717) is 19.4 Å². The lowest BCUT2D eigenvalue weighted by Crippen LogP contribution is -2.45. The third-order valence-corrected chi connectivity index (χ3v) is 3.58. The Bertz CT molecular complexity index is 417. The fraction of sp³-hybridized carbons (Fsp3) is 0.500. The maximum atomic E-state index is 11.6. The molecule has 0 aliphatic heterocycles. The lowest BCUT2D eigenvalue weighted by molar-refractivity contribution is -0.139. The van der Waals surface area contributed by atoms with Gasteiger partial charge in [0.25, 0.3) is 0 Å². The van der Waals surface area contributed by atoms with Gasteiger partial charge in [-0.3, -0.25) is 0 Å². The van der Waals surface area contributed by atoms with Crippen LogP contribution < -0.4 is 10.6 Å². The normalized spacial score (nSPS) is 11.9. The van der Waals surface area contributed by atoms with Crippen molar-refractivity contribution in [3.63, 3.8) is 0 Å². The van der Waals surface area contributed by atoms with Crippen molar-refractivity contribution >= 4 is 23.3 Å². The topological polar surface area (TPSA) is 78.4 Å². The van der Waals surface area contributed by atoms with E-state index in [1.807, 2.05) is 25.3 Å². The molecule has 100 valence electrons. The first kappa shape index (κ1) is 14.5. The molecule has 0 aromatic carbocycles. The number of amides is 2. The van der Waals surface area contributed by atoms with Crippen LogP contribution >= 0.6 is 11.3 Å². The van der Waals surface area contributed by atoms with Gasteiger partial charge in [0, 0.05) is 4.88 Å². The second-order valence-corrected chi connectivity index (χ2v) is 5.03. The summed E-state index contributed by atoms with van der Waals surface area (Å²) in [5.74, 6) is -1.00. The summed E-state index contributed by atoms with van der Waals surface area (Å²) >= 11 is 1.57. The van der Waals surface area contributed by atoms with Gasteiger partial charge in [-0.05, 0) is 30.4 Å². The van der Waals surface area contributed by atoms with Gasteiger partial charge in [-0.15, -0.1) is 11.3 Å². The minimum absolute atomic E-state index is 0.424. The summed E-state index contributed by atoms with van der Waals surface area (Å²) in [6.45, 7) is 4.28. The van der Waals surface area contributed by atoms with Crippen LogP contribution in [0.15, 0.2) is 11.4 Å². The molecule has 6 heteroatoms. The monoisotopic (exact) mass is 270 g/mol. The maximum absolute atomic E-state index is 11.6. The molecular formula is C12H18N2O3S. The third kappa shape index (κ3) is 4.37. The lowest BCUT2D eigenvalue weighted by Gasteiger charge is -2.14. The molecule has 0 radical (unpaired) electrons. The van der Waals surface area contributed by atoms with Gasteiger partial charge >= 0.3 is 12.0 Å². The van der Waals surface area contributed by atoms with Crippen molar-refractivity contribution in [2.75, 3.05) is 0 Å². The average Bonchev–Trinajstić information content (AvgIpc) is 2.71. The van der Waals surface area contributed by atoms with E-state index in [4.69, 9.17) is 5.11 Å². The molecule has 0 unspecified atom stereocenters. The average molecular weight is 270 g/mol. The van der Waals surface area contributed by atoms with E-state index >= 15 is 0 Å². The fourth-order valence-electron chi connectivity index (χ4n) is 1.50. The third-order valence-electron chi connectivity index (χ3n) is 2.56. The highest BCUT2D eigenvalue weighted by Gasteiger charge is 2.18. The van der Waals surface area contributed by atoms with Crippen LogP contribution in [-0.4, -0.2) is 23.1 Å². The van der Waals surface area contributed by atoms with Crippen LogP contribution in [0.25, 0.3) is 0 Å². The molecule has 0 fully saturated rings. The summed E-state index contributed by atoms with van der Waals surface area (Å²) in [7, 11) is 0. The van der Waals surface area contributed by atoms with Crippen LogP contribution in [0.1, 0.15) is 30.2 Å². The minimum atomic E-state index is -1.00. The molecule has 1 aromatic rings. The van der Waals surface area contributed by atoms with Crippen LogP contribution in [-0.2, 0) is 11.3 Å². The van der Waals surface area contributed by atoms with E-state index in [9.17, 15) is 9.59 Å². The Balaban J connectivity index is 2.41. The largest absolute Gasteiger partial charge is 0.480 e. The Morgan fingerprint density at radius 3 is 2.72 bits per heavy atom. The predicted molar refractivity (Wildman–Crippen MR) is 70.8 cm³/mol. The van der Waals surface area contributed by atoms with Crippen LogP contribution in [0.2, 0.25) is 0 Å². The molecule has 1 rings (SSSR count). The van der Waals surface area contributed by atoms with Crippen LogP contribution in [0.4, 0.5) is 4.79 Å². The summed E-state index contributed by atoms with van der Waals surface area (Å²) in [5, 5.41) is 16.0. The molecule has 1 aromatic heterocycles. The number of aryl methyl sites for hydroxylation is 1. The Morgan fingerprint density at radius 1 is 1.50 bits per heavy atom. The first-order valence-electron chi connectivity index (χ1n) is 5.84. The van der Waals surface area contributed by atoms with Crippen molar-refractivity contribution in [2.45, 2.75) is 39.3 Å². The Hall–Kier alpha value is -1.56. The minimum Gasteiger partial charge on any atom is -0.480 e. The number of carboxylic acid groups (broad SMARTS) is 1. The Labute approximate surface area is 110 Å². The number of carbonyl (C=O) groups is 2. The molecule has 0 saturated heterocycles. The quantitative estimate of drug-likeness (QED) is 0.740. The highest BCUT2D eigenvalue weighted by molar-refractivity contribution is 7.10. The van der Waals surface area contributed by atoms with Crippen molar-refractivity contribution in [1.29, 1.82) is 0 Å². The fourth-order valence-corrected chi connectivity index (χ4v) is 2.35. The number of aliphatic carboxylic acids is 1. The predicted octanol–water partition coefficient (Wildman–Crippen LogP) is 2.11. The smallest absolute Gasteiger partial charge is 0.326 e. The molecule has 0 aliphatic rings. The zero-order chi connectivity index (χ0) is 13.5. The van der Waals surface area contributed by atoms with Gasteiger partial charge in [-0.2, -0.15) is 0 Å². The Morgan fingerprint density at radius 2 is 2.22 bits per heavy atom. The second-order valence-electron chi connectivity index (χ2n) is 4.03. The first-order valence-corrected chi connectivity index (χ1v) is 6.72. The number of hydrogen-bond acceptors (Lipinski definition) is 3. The Kier molecular flexibility index (Phi) is 5.64.